The Morgan fingerprint density at radius 1 is 1.13 bits per heavy atom. The molecule has 0 radical (unpaired) electrons. The van der Waals surface area contributed by atoms with Crippen LogP contribution in [0.25, 0.3) is 11.0 Å². The van der Waals surface area contributed by atoms with Crippen LogP contribution >= 0.6 is 0 Å². The third-order valence-corrected chi connectivity index (χ3v) is 5.43. The van der Waals surface area contributed by atoms with Gasteiger partial charge in [0.15, 0.2) is 0 Å². The highest BCUT2D eigenvalue weighted by atomic mass is 16.5. The lowest BCUT2D eigenvalue weighted by Gasteiger charge is -2.12. The molecule has 2 aromatic carbocycles. The fraction of sp³-hybridized carbons (Fsp3) is 0.333. The highest BCUT2D eigenvalue weighted by Gasteiger charge is 2.16. The van der Waals surface area contributed by atoms with E-state index in [0.29, 0.717) is 29.1 Å². The van der Waals surface area contributed by atoms with Gasteiger partial charge in [0.05, 0.1) is 11.7 Å². The van der Waals surface area contributed by atoms with Crippen molar-refractivity contribution in [1.82, 2.24) is 0 Å². The molecular formula is C24H24O6. The minimum atomic E-state index is -0.467. The Balaban J connectivity index is 1.42. The van der Waals surface area contributed by atoms with Crippen LogP contribution in [0.2, 0.25) is 0 Å². The van der Waals surface area contributed by atoms with Crippen LogP contribution in [0.4, 0.5) is 0 Å². The first kappa shape index (κ1) is 20.2. The summed E-state index contributed by atoms with van der Waals surface area (Å²) in [4.78, 5) is 24.4. The van der Waals surface area contributed by atoms with E-state index in [-0.39, 0.29) is 12.7 Å². The SMILES string of the molecule is Cc1ccc2c(COC(=O)c3ccc(OC[C@H]4CCCO4)cc3)cc(=O)oc2c1C. The summed E-state index contributed by atoms with van der Waals surface area (Å²) in [6, 6.07) is 12.0. The maximum atomic E-state index is 12.5. The highest BCUT2D eigenvalue weighted by molar-refractivity contribution is 5.90. The van der Waals surface area contributed by atoms with Crippen molar-refractivity contribution < 1.29 is 23.4 Å². The summed E-state index contributed by atoms with van der Waals surface area (Å²) in [7, 11) is 0. The predicted octanol–water partition coefficient (Wildman–Crippen LogP) is 4.32. The van der Waals surface area contributed by atoms with Crippen LogP contribution in [0.1, 0.15) is 39.9 Å². The summed E-state index contributed by atoms with van der Waals surface area (Å²) in [6.07, 6.45) is 2.22. The number of hydrogen-bond donors (Lipinski definition) is 0. The van der Waals surface area contributed by atoms with Gasteiger partial charge in [0.1, 0.15) is 24.5 Å². The molecule has 1 atom stereocenters. The third-order valence-electron chi connectivity index (χ3n) is 5.43. The van der Waals surface area contributed by atoms with Gasteiger partial charge in [-0.1, -0.05) is 12.1 Å². The van der Waals surface area contributed by atoms with Crippen LogP contribution in [0.15, 0.2) is 51.7 Å². The number of carbonyl (C=O) groups excluding carboxylic acids is 1. The van der Waals surface area contributed by atoms with E-state index in [4.69, 9.17) is 18.6 Å². The number of rotatable bonds is 6. The molecule has 1 aliphatic heterocycles. The second-order valence-corrected chi connectivity index (χ2v) is 7.52. The summed E-state index contributed by atoms with van der Waals surface area (Å²) < 4.78 is 22.1. The molecule has 3 aromatic rings. The Hall–Kier alpha value is -3.12. The lowest BCUT2D eigenvalue weighted by molar-refractivity contribution is 0.0473. The van der Waals surface area contributed by atoms with E-state index in [0.717, 1.165) is 36.0 Å². The topological polar surface area (TPSA) is 75.0 Å². The zero-order valence-electron chi connectivity index (χ0n) is 17.1. The Kier molecular flexibility index (Phi) is 5.86. The lowest BCUT2D eigenvalue weighted by atomic mass is 10.0. The Morgan fingerprint density at radius 2 is 1.93 bits per heavy atom. The fourth-order valence-electron chi connectivity index (χ4n) is 3.52. The smallest absolute Gasteiger partial charge is 0.338 e. The molecule has 0 spiro atoms. The standard InChI is InChI=1S/C24H24O6/c1-15-5-10-21-18(12-22(25)30-23(21)16(15)2)13-29-24(26)17-6-8-19(9-7-17)28-14-20-4-3-11-27-20/h5-10,12,20H,3-4,11,13-14H2,1-2H3/t20-/m1/s1. The van der Waals surface area contributed by atoms with Crippen molar-refractivity contribution in [3.63, 3.8) is 0 Å². The number of ether oxygens (including phenoxy) is 3. The summed E-state index contributed by atoms with van der Waals surface area (Å²) >= 11 is 0. The molecule has 0 saturated carbocycles. The van der Waals surface area contributed by atoms with Crippen molar-refractivity contribution in [3.8, 4) is 5.75 Å². The van der Waals surface area contributed by atoms with E-state index in [1.807, 2.05) is 26.0 Å². The number of fused-ring (bicyclic) bond motifs is 1. The van der Waals surface area contributed by atoms with Gasteiger partial charge in [-0.15, -0.1) is 0 Å². The van der Waals surface area contributed by atoms with Crippen LogP contribution in [0, 0.1) is 13.8 Å². The minimum Gasteiger partial charge on any atom is -0.491 e. The molecule has 0 aliphatic carbocycles. The first-order valence-electron chi connectivity index (χ1n) is 10.1. The van der Waals surface area contributed by atoms with Gasteiger partial charge < -0.3 is 18.6 Å². The number of benzene rings is 2. The summed E-state index contributed by atoms with van der Waals surface area (Å²) in [5.74, 6) is 0.213. The molecule has 30 heavy (non-hydrogen) atoms. The Labute approximate surface area is 174 Å². The van der Waals surface area contributed by atoms with E-state index < -0.39 is 11.6 Å². The van der Waals surface area contributed by atoms with E-state index >= 15 is 0 Å². The van der Waals surface area contributed by atoms with Crippen LogP contribution in [0.5, 0.6) is 5.75 Å². The van der Waals surface area contributed by atoms with Crippen LogP contribution in [-0.4, -0.2) is 25.3 Å². The van der Waals surface area contributed by atoms with Crippen molar-refractivity contribution in [3.05, 3.63) is 75.1 Å². The second kappa shape index (κ2) is 8.71. The van der Waals surface area contributed by atoms with Crippen molar-refractivity contribution in [1.29, 1.82) is 0 Å². The minimum absolute atomic E-state index is 0.0132. The number of hydrogen-bond acceptors (Lipinski definition) is 6. The molecule has 2 heterocycles. The molecule has 6 nitrogen and oxygen atoms in total. The zero-order valence-corrected chi connectivity index (χ0v) is 17.1. The monoisotopic (exact) mass is 408 g/mol. The predicted molar refractivity (Wildman–Crippen MR) is 112 cm³/mol. The Bertz CT molecular complexity index is 1110. The Morgan fingerprint density at radius 3 is 2.67 bits per heavy atom. The third kappa shape index (κ3) is 4.39. The van der Waals surface area contributed by atoms with Gasteiger partial charge in [0.25, 0.3) is 0 Å². The van der Waals surface area contributed by atoms with E-state index in [1.54, 1.807) is 24.3 Å². The largest absolute Gasteiger partial charge is 0.491 e. The highest BCUT2D eigenvalue weighted by Crippen LogP contribution is 2.24. The van der Waals surface area contributed by atoms with Crippen molar-refractivity contribution >= 4 is 16.9 Å². The maximum absolute atomic E-state index is 12.5. The molecule has 1 aromatic heterocycles. The average molecular weight is 408 g/mol. The van der Waals surface area contributed by atoms with Crippen molar-refractivity contribution in [2.75, 3.05) is 13.2 Å². The van der Waals surface area contributed by atoms with E-state index in [9.17, 15) is 9.59 Å². The molecule has 156 valence electrons. The van der Waals surface area contributed by atoms with E-state index in [2.05, 4.69) is 0 Å². The molecule has 0 amide bonds. The first-order chi connectivity index (χ1) is 14.5. The molecule has 1 fully saturated rings. The van der Waals surface area contributed by atoms with Gasteiger partial charge in [0.2, 0.25) is 0 Å². The van der Waals surface area contributed by atoms with E-state index in [1.165, 1.54) is 6.07 Å². The van der Waals surface area contributed by atoms with Gasteiger partial charge in [0, 0.05) is 23.6 Å². The van der Waals surface area contributed by atoms with Crippen LogP contribution < -0.4 is 10.4 Å². The fourth-order valence-corrected chi connectivity index (χ4v) is 3.52. The maximum Gasteiger partial charge on any atom is 0.338 e. The second-order valence-electron chi connectivity index (χ2n) is 7.52. The normalized spacial score (nSPS) is 16.0. The van der Waals surface area contributed by atoms with Gasteiger partial charge in [-0.25, -0.2) is 9.59 Å². The average Bonchev–Trinajstić information content (AvgIpc) is 3.27. The van der Waals surface area contributed by atoms with Crippen LogP contribution in [0.3, 0.4) is 0 Å². The van der Waals surface area contributed by atoms with Gasteiger partial charge >= 0.3 is 11.6 Å². The lowest BCUT2D eigenvalue weighted by Crippen LogP contribution is -2.16. The summed E-state index contributed by atoms with van der Waals surface area (Å²) in [5, 5.41) is 0.767. The quantitative estimate of drug-likeness (QED) is 0.447. The summed E-state index contributed by atoms with van der Waals surface area (Å²) in [6.45, 7) is 5.14. The molecule has 0 N–H and O–H groups in total. The molecule has 4 rings (SSSR count). The zero-order chi connectivity index (χ0) is 21.1. The van der Waals surface area contributed by atoms with Gasteiger partial charge in [-0.05, 0) is 62.1 Å². The number of carbonyl (C=O) groups is 1. The molecule has 1 saturated heterocycles. The molecule has 0 bridgehead atoms. The van der Waals surface area contributed by atoms with Crippen LogP contribution in [-0.2, 0) is 16.1 Å². The van der Waals surface area contributed by atoms with Crippen molar-refractivity contribution in [2.45, 2.75) is 39.4 Å². The number of aryl methyl sites for hydroxylation is 2. The molecular weight excluding hydrogens is 384 g/mol. The van der Waals surface area contributed by atoms with Gasteiger partial charge in [-0.3, -0.25) is 0 Å². The van der Waals surface area contributed by atoms with Gasteiger partial charge in [-0.2, -0.15) is 0 Å². The molecule has 0 unspecified atom stereocenters. The summed E-state index contributed by atoms with van der Waals surface area (Å²) in [5.41, 5.74) is 3.03. The molecule has 6 heteroatoms. The number of esters is 1. The van der Waals surface area contributed by atoms with Crippen molar-refractivity contribution in [2.24, 2.45) is 0 Å². The first-order valence-corrected chi connectivity index (χ1v) is 10.1. The molecule has 1 aliphatic rings.